The number of hydrogen-bond acceptors (Lipinski definition) is 5. The van der Waals surface area contributed by atoms with Crippen LogP contribution in [-0.2, 0) is 25.1 Å². The van der Waals surface area contributed by atoms with Gasteiger partial charge >= 0.3 is 0 Å². The monoisotopic (exact) mass is 328 g/mol. The summed E-state index contributed by atoms with van der Waals surface area (Å²) in [6.45, 7) is 2.09. The normalized spacial score (nSPS) is 15.5. The predicted molar refractivity (Wildman–Crippen MR) is 84.9 cm³/mol. The number of hydrogen-bond donors (Lipinski definition) is 0. The minimum Gasteiger partial charge on any atom is -0.491 e. The van der Waals surface area contributed by atoms with Gasteiger partial charge in [-0.15, -0.1) is 0 Å². The van der Waals surface area contributed by atoms with Gasteiger partial charge in [0.05, 0.1) is 30.8 Å². The zero-order chi connectivity index (χ0) is 15.8. The van der Waals surface area contributed by atoms with E-state index in [-0.39, 0.29) is 11.0 Å². The lowest BCUT2D eigenvalue weighted by Gasteiger charge is -2.25. The molecule has 0 spiro atoms. The largest absolute Gasteiger partial charge is 0.491 e. The summed E-state index contributed by atoms with van der Waals surface area (Å²) in [5.74, 6) is 0.845. The summed E-state index contributed by atoms with van der Waals surface area (Å²) in [7, 11) is -1.36. The fourth-order valence-electron chi connectivity index (χ4n) is 2.22. The Balaban J connectivity index is 1.73. The number of rotatable bonds is 10. The lowest BCUT2D eigenvalue weighted by atomic mass is 10.00. The van der Waals surface area contributed by atoms with Crippen LogP contribution in [-0.4, -0.2) is 47.2 Å². The van der Waals surface area contributed by atoms with Crippen molar-refractivity contribution < 1.29 is 22.6 Å². The Kier molecular flexibility index (Phi) is 6.67. The molecule has 6 heteroatoms. The van der Waals surface area contributed by atoms with E-state index in [9.17, 15) is 8.42 Å². The molecule has 0 unspecified atom stereocenters. The van der Waals surface area contributed by atoms with Crippen molar-refractivity contribution in [3.63, 3.8) is 0 Å². The first-order chi connectivity index (χ1) is 10.6. The van der Waals surface area contributed by atoms with E-state index in [2.05, 4.69) is 0 Å². The molecule has 1 aromatic carbocycles. The molecule has 2 rings (SSSR count). The molecule has 1 fully saturated rings. The molecule has 124 valence electrons. The molecule has 1 aromatic rings. The van der Waals surface area contributed by atoms with Crippen molar-refractivity contribution in [3.05, 3.63) is 29.8 Å². The zero-order valence-corrected chi connectivity index (χ0v) is 13.8. The Morgan fingerprint density at radius 1 is 1.05 bits per heavy atom. The Hall–Kier alpha value is -1.11. The van der Waals surface area contributed by atoms with E-state index < -0.39 is 9.84 Å². The van der Waals surface area contributed by atoms with Gasteiger partial charge in [0.1, 0.15) is 12.4 Å². The van der Waals surface area contributed by atoms with Crippen LogP contribution in [0, 0.1) is 0 Å². The summed E-state index contributed by atoms with van der Waals surface area (Å²) in [6.07, 6.45) is 2.66. The molecule has 0 heterocycles. The second kappa shape index (κ2) is 8.50. The number of ether oxygens (including phenoxy) is 3. The SMILES string of the molecule is COCCOCCOc1ccc(CS(=O)(=O)C2CCC2)cc1. The van der Waals surface area contributed by atoms with Crippen molar-refractivity contribution >= 4 is 9.84 Å². The van der Waals surface area contributed by atoms with Gasteiger partial charge in [0.2, 0.25) is 0 Å². The zero-order valence-electron chi connectivity index (χ0n) is 13.0. The summed E-state index contributed by atoms with van der Waals surface area (Å²) in [4.78, 5) is 0. The Labute approximate surface area is 132 Å². The molecule has 5 nitrogen and oxygen atoms in total. The number of benzene rings is 1. The molecular formula is C16H24O5S. The van der Waals surface area contributed by atoms with Gasteiger partial charge in [0.25, 0.3) is 0 Å². The number of sulfone groups is 1. The van der Waals surface area contributed by atoms with Crippen LogP contribution >= 0.6 is 0 Å². The van der Waals surface area contributed by atoms with Gasteiger partial charge in [-0.05, 0) is 30.5 Å². The quantitative estimate of drug-likeness (QED) is 0.616. The second-order valence-corrected chi connectivity index (χ2v) is 7.74. The van der Waals surface area contributed by atoms with Crippen LogP contribution < -0.4 is 4.74 Å². The Bertz CT molecular complexity index is 534. The summed E-state index contributed by atoms with van der Waals surface area (Å²) < 4.78 is 39.9. The second-order valence-electron chi connectivity index (χ2n) is 5.46. The summed E-state index contributed by atoms with van der Waals surface area (Å²) >= 11 is 0. The highest BCUT2D eigenvalue weighted by molar-refractivity contribution is 7.91. The molecule has 1 aliphatic rings. The van der Waals surface area contributed by atoms with E-state index in [0.29, 0.717) is 26.4 Å². The molecule has 0 bridgehead atoms. The molecular weight excluding hydrogens is 304 g/mol. The van der Waals surface area contributed by atoms with Crippen LogP contribution in [0.15, 0.2) is 24.3 Å². The van der Waals surface area contributed by atoms with Crippen LogP contribution in [0.4, 0.5) is 0 Å². The highest BCUT2D eigenvalue weighted by Crippen LogP contribution is 2.28. The van der Waals surface area contributed by atoms with Gasteiger partial charge in [-0.3, -0.25) is 0 Å². The Morgan fingerprint density at radius 3 is 2.32 bits per heavy atom. The molecule has 0 radical (unpaired) electrons. The van der Waals surface area contributed by atoms with Crippen molar-refractivity contribution in [2.24, 2.45) is 0 Å². The van der Waals surface area contributed by atoms with E-state index >= 15 is 0 Å². The molecule has 0 N–H and O–H groups in total. The highest BCUT2D eigenvalue weighted by atomic mass is 32.2. The fourth-order valence-corrected chi connectivity index (χ4v) is 4.17. The standard InChI is InChI=1S/C16H24O5S/c1-19-9-10-20-11-12-21-15-7-5-14(6-8-15)13-22(17,18)16-3-2-4-16/h5-8,16H,2-4,9-13H2,1H3. The third-order valence-electron chi connectivity index (χ3n) is 3.78. The van der Waals surface area contributed by atoms with Crippen molar-refractivity contribution in [2.45, 2.75) is 30.3 Å². The molecule has 0 aliphatic heterocycles. The summed E-state index contributed by atoms with van der Waals surface area (Å²) in [5, 5.41) is -0.132. The minimum atomic E-state index is -2.99. The van der Waals surface area contributed by atoms with Gasteiger partial charge in [0, 0.05) is 7.11 Å². The molecule has 0 atom stereocenters. The van der Waals surface area contributed by atoms with Gasteiger partial charge in [-0.2, -0.15) is 0 Å². The Morgan fingerprint density at radius 2 is 1.73 bits per heavy atom. The van der Waals surface area contributed by atoms with E-state index in [1.54, 1.807) is 19.2 Å². The summed E-state index contributed by atoms with van der Waals surface area (Å²) in [5.41, 5.74) is 0.815. The maximum atomic E-state index is 12.1. The maximum absolute atomic E-state index is 12.1. The van der Waals surface area contributed by atoms with Crippen LogP contribution in [0.2, 0.25) is 0 Å². The maximum Gasteiger partial charge on any atom is 0.157 e. The first-order valence-electron chi connectivity index (χ1n) is 7.62. The first-order valence-corrected chi connectivity index (χ1v) is 9.33. The predicted octanol–water partition coefficient (Wildman–Crippen LogP) is 2.20. The van der Waals surface area contributed by atoms with Gasteiger partial charge in [0.15, 0.2) is 9.84 Å². The molecule has 22 heavy (non-hydrogen) atoms. The lowest BCUT2D eigenvalue weighted by Crippen LogP contribution is -2.29. The fraction of sp³-hybridized carbons (Fsp3) is 0.625. The molecule has 1 saturated carbocycles. The topological polar surface area (TPSA) is 61.8 Å². The molecule has 0 saturated heterocycles. The third-order valence-corrected chi connectivity index (χ3v) is 6.00. The highest BCUT2D eigenvalue weighted by Gasteiger charge is 2.30. The minimum absolute atomic E-state index is 0.123. The third kappa shape index (κ3) is 5.26. The summed E-state index contributed by atoms with van der Waals surface area (Å²) in [6, 6.07) is 7.25. The average Bonchev–Trinajstić information content (AvgIpc) is 2.41. The van der Waals surface area contributed by atoms with Crippen molar-refractivity contribution in [3.8, 4) is 5.75 Å². The lowest BCUT2D eigenvalue weighted by molar-refractivity contribution is 0.0544. The molecule has 0 aromatic heterocycles. The van der Waals surface area contributed by atoms with Gasteiger partial charge in [-0.1, -0.05) is 18.6 Å². The first kappa shape index (κ1) is 17.2. The van der Waals surface area contributed by atoms with Crippen LogP contribution in [0.3, 0.4) is 0 Å². The van der Waals surface area contributed by atoms with E-state index in [0.717, 1.165) is 30.6 Å². The van der Waals surface area contributed by atoms with Crippen LogP contribution in [0.1, 0.15) is 24.8 Å². The average molecular weight is 328 g/mol. The van der Waals surface area contributed by atoms with Gasteiger partial charge < -0.3 is 14.2 Å². The van der Waals surface area contributed by atoms with Crippen LogP contribution in [0.5, 0.6) is 5.75 Å². The van der Waals surface area contributed by atoms with Gasteiger partial charge in [-0.25, -0.2) is 8.42 Å². The van der Waals surface area contributed by atoms with Crippen LogP contribution in [0.25, 0.3) is 0 Å². The van der Waals surface area contributed by atoms with Crippen molar-refractivity contribution in [1.29, 1.82) is 0 Å². The van der Waals surface area contributed by atoms with E-state index in [1.807, 2.05) is 12.1 Å². The van der Waals surface area contributed by atoms with Crippen molar-refractivity contribution in [1.82, 2.24) is 0 Å². The van der Waals surface area contributed by atoms with Crippen molar-refractivity contribution in [2.75, 3.05) is 33.5 Å². The molecule has 1 aliphatic carbocycles. The van der Waals surface area contributed by atoms with E-state index in [1.165, 1.54) is 0 Å². The number of methoxy groups -OCH3 is 1. The van der Waals surface area contributed by atoms with E-state index in [4.69, 9.17) is 14.2 Å². The molecule has 0 amide bonds. The smallest absolute Gasteiger partial charge is 0.157 e.